The largest absolute Gasteiger partial charge is 0.383 e. The van der Waals surface area contributed by atoms with Crippen LogP contribution in [0.1, 0.15) is 86.0 Å². The molecule has 0 unspecified atom stereocenters. The van der Waals surface area contributed by atoms with Gasteiger partial charge in [-0.25, -0.2) is 0 Å². The van der Waals surface area contributed by atoms with Crippen molar-refractivity contribution in [3.05, 3.63) is 33.2 Å². The summed E-state index contributed by atoms with van der Waals surface area (Å²) in [7, 11) is 1.71. The summed E-state index contributed by atoms with van der Waals surface area (Å²) in [4.78, 5) is 32.1. The molecule has 6 fully saturated rings. The summed E-state index contributed by atoms with van der Waals surface area (Å²) in [5.41, 5.74) is 2.63. The Morgan fingerprint density at radius 3 is 2.19 bits per heavy atom. The van der Waals surface area contributed by atoms with E-state index in [-0.39, 0.29) is 11.3 Å². The number of amides is 1. The third-order valence-corrected chi connectivity index (χ3v) is 10.6. The Bertz CT molecular complexity index is 997. The number of methoxy groups -OCH3 is 1. The van der Waals surface area contributed by atoms with Gasteiger partial charge in [0.1, 0.15) is 5.56 Å². The van der Waals surface area contributed by atoms with Crippen molar-refractivity contribution in [2.45, 2.75) is 89.6 Å². The molecular formula is C30H45N3O3. The van der Waals surface area contributed by atoms with Crippen LogP contribution >= 0.6 is 0 Å². The highest BCUT2D eigenvalue weighted by Gasteiger charge is 2.53. The lowest BCUT2D eigenvalue weighted by Gasteiger charge is -2.61. The Morgan fingerprint density at radius 1 is 1.00 bits per heavy atom. The molecule has 5 aliphatic carbocycles. The second-order valence-electron chi connectivity index (χ2n) is 12.9. The summed E-state index contributed by atoms with van der Waals surface area (Å²) in [6.07, 6.45) is 14.3. The van der Waals surface area contributed by atoms with Crippen molar-refractivity contribution in [3.63, 3.8) is 0 Å². The fraction of sp³-hybridized carbons (Fsp3) is 0.800. The number of ether oxygens (including phenoxy) is 1. The van der Waals surface area contributed by atoms with E-state index in [1.807, 2.05) is 11.8 Å². The van der Waals surface area contributed by atoms with Gasteiger partial charge >= 0.3 is 0 Å². The number of hydrogen-bond donors (Lipinski definition) is 0. The van der Waals surface area contributed by atoms with E-state index < -0.39 is 0 Å². The minimum Gasteiger partial charge on any atom is -0.383 e. The van der Waals surface area contributed by atoms with Crippen molar-refractivity contribution >= 4 is 5.91 Å². The summed E-state index contributed by atoms with van der Waals surface area (Å²) >= 11 is 0. The number of hydrogen-bond acceptors (Lipinski definition) is 4. The topological polar surface area (TPSA) is 54.8 Å². The third kappa shape index (κ3) is 4.47. The standard InChI is InChI=1S/C30H45N3O3/c1-21-13-27(34)28(26(33(21)11-12-36-2)17-22-5-3-4-6-22)29(35)31-7-9-32(10-8-31)30-18-23-14-24(19-30)16-25(15-23)20-30/h13,22-25H,3-12,14-20H2,1-2H3. The number of rotatable bonds is 7. The van der Waals surface area contributed by atoms with E-state index in [4.69, 9.17) is 4.74 Å². The molecule has 1 aliphatic heterocycles. The molecule has 1 amide bonds. The summed E-state index contributed by atoms with van der Waals surface area (Å²) in [5.74, 6) is 3.34. The SMILES string of the molecule is COCCn1c(C)cc(=O)c(C(=O)N2CCN(C34CC5CC(CC(C5)C3)C4)CC2)c1CC1CCCC1. The molecule has 0 radical (unpaired) electrons. The number of pyridine rings is 1. The van der Waals surface area contributed by atoms with Gasteiger partial charge in [-0.2, -0.15) is 0 Å². The maximum absolute atomic E-state index is 14.0. The van der Waals surface area contributed by atoms with Gasteiger partial charge in [0, 0.05) is 62.8 Å². The smallest absolute Gasteiger partial charge is 0.259 e. The second-order valence-corrected chi connectivity index (χ2v) is 12.9. The minimum absolute atomic E-state index is 0.0377. The Morgan fingerprint density at radius 2 is 1.61 bits per heavy atom. The average molecular weight is 496 g/mol. The average Bonchev–Trinajstić information content (AvgIpc) is 3.36. The zero-order valence-electron chi connectivity index (χ0n) is 22.5. The van der Waals surface area contributed by atoms with Gasteiger partial charge in [-0.05, 0) is 75.5 Å². The summed E-state index contributed by atoms with van der Waals surface area (Å²) in [6, 6.07) is 1.67. The molecule has 5 saturated carbocycles. The van der Waals surface area contributed by atoms with Crippen molar-refractivity contribution in [1.29, 1.82) is 0 Å². The van der Waals surface area contributed by atoms with Gasteiger partial charge < -0.3 is 14.2 Å². The van der Waals surface area contributed by atoms with Gasteiger partial charge in [0.15, 0.2) is 5.43 Å². The van der Waals surface area contributed by atoms with E-state index in [2.05, 4.69) is 9.47 Å². The van der Waals surface area contributed by atoms with Crippen LogP contribution in [-0.4, -0.2) is 65.7 Å². The van der Waals surface area contributed by atoms with Crippen molar-refractivity contribution in [2.75, 3.05) is 39.9 Å². The zero-order chi connectivity index (χ0) is 24.9. The quantitative estimate of drug-likeness (QED) is 0.567. The van der Waals surface area contributed by atoms with Crippen LogP contribution in [0.15, 0.2) is 10.9 Å². The molecule has 1 aromatic rings. The second kappa shape index (κ2) is 9.90. The molecule has 0 spiro atoms. The number of nitrogens with zero attached hydrogens (tertiary/aromatic N) is 3. The molecule has 0 aromatic carbocycles. The number of aryl methyl sites for hydroxylation is 1. The highest BCUT2D eigenvalue weighted by molar-refractivity contribution is 5.95. The fourth-order valence-electron chi connectivity index (χ4n) is 9.25. The molecule has 198 valence electrons. The molecule has 6 aliphatic rings. The first-order valence-corrected chi connectivity index (χ1v) is 14.7. The van der Waals surface area contributed by atoms with Crippen molar-refractivity contribution in [1.82, 2.24) is 14.4 Å². The molecule has 1 aromatic heterocycles. The van der Waals surface area contributed by atoms with Gasteiger partial charge in [0.25, 0.3) is 5.91 Å². The van der Waals surface area contributed by atoms with Crippen molar-refractivity contribution in [3.8, 4) is 0 Å². The number of piperazine rings is 1. The minimum atomic E-state index is -0.0947. The van der Waals surface area contributed by atoms with E-state index in [0.29, 0.717) is 30.2 Å². The maximum atomic E-state index is 14.0. The Kier molecular flexibility index (Phi) is 6.78. The third-order valence-electron chi connectivity index (χ3n) is 10.6. The molecule has 4 bridgehead atoms. The van der Waals surface area contributed by atoms with Crippen molar-refractivity contribution in [2.24, 2.45) is 23.7 Å². The Labute approximate surface area is 216 Å². The highest BCUT2D eigenvalue weighted by Crippen LogP contribution is 2.57. The number of aromatic nitrogens is 1. The first kappa shape index (κ1) is 24.7. The molecule has 1 saturated heterocycles. The zero-order valence-corrected chi connectivity index (χ0v) is 22.5. The predicted molar refractivity (Wildman–Crippen MR) is 141 cm³/mol. The molecule has 2 heterocycles. The van der Waals surface area contributed by atoms with E-state index >= 15 is 0 Å². The van der Waals surface area contributed by atoms with Crippen LogP contribution in [-0.2, 0) is 17.7 Å². The lowest BCUT2D eigenvalue weighted by molar-refractivity contribution is -0.0987. The lowest BCUT2D eigenvalue weighted by atomic mass is 9.52. The van der Waals surface area contributed by atoms with Gasteiger partial charge in [0.2, 0.25) is 0 Å². The van der Waals surface area contributed by atoms with Crippen LogP contribution in [0, 0.1) is 30.6 Å². The van der Waals surface area contributed by atoms with E-state index in [0.717, 1.165) is 61.7 Å². The normalized spacial score (nSPS) is 32.5. The van der Waals surface area contributed by atoms with E-state index in [9.17, 15) is 9.59 Å². The predicted octanol–water partition coefficient (Wildman–Crippen LogP) is 4.26. The molecule has 6 nitrogen and oxygen atoms in total. The molecule has 36 heavy (non-hydrogen) atoms. The van der Waals surface area contributed by atoms with Crippen LogP contribution in [0.4, 0.5) is 0 Å². The van der Waals surface area contributed by atoms with Crippen LogP contribution in [0.5, 0.6) is 0 Å². The summed E-state index contributed by atoms with van der Waals surface area (Å²) in [6.45, 7) is 6.67. The van der Waals surface area contributed by atoms with Crippen LogP contribution in [0.25, 0.3) is 0 Å². The maximum Gasteiger partial charge on any atom is 0.259 e. The fourth-order valence-corrected chi connectivity index (χ4v) is 9.25. The Hall–Kier alpha value is -1.66. The summed E-state index contributed by atoms with van der Waals surface area (Å²) < 4.78 is 7.58. The molecule has 7 rings (SSSR count). The highest BCUT2D eigenvalue weighted by atomic mass is 16.5. The number of carbonyl (C=O) groups is 1. The van der Waals surface area contributed by atoms with Gasteiger partial charge in [-0.3, -0.25) is 14.5 Å². The van der Waals surface area contributed by atoms with E-state index in [1.165, 1.54) is 64.2 Å². The molecular weight excluding hydrogens is 450 g/mol. The molecule has 6 heteroatoms. The number of carbonyl (C=O) groups excluding carboxylic acids is 1. The van der Waals surface area contributed by atoms with Crippen molar-refractivity contribution < 1.29 is 9.53 Å². The first-order valence-electron chi connectivity index (χ1n) is 14.7. The van der Waals surface area contributed by atoms with Crippen LogP contribution < -0.4 is 5.43 Å². The first-order chi connectivity index (χ1) is 17.5. The van der Waals surface area contributed by atoms with Crippen LogP contribution in [0.2, 0.25) is 0 Å². The van der Waals surface area contributed by atoms with E-state index in [1.54, 1.807) is 13.2 Å². The monoisotopic (exact) mass is 495 g/mol. The lowest BCUT2D eigenvalue weighted by Crippen LogP contribution is -2.64. The summed E-state index contributed by atoms with van der Waals surface area (Å²) in [5, 5.41) is 0. The van der Waals surface area contributed by atoms with Crippen LogP contribution in [0.3, 0.4) is 0 Å². The molecule has 0 N–H and O–H groups in total. The molecule has 0 atom stereocenters. The van der Waals surface area contributed by atoms with Gasteiger partial charge in [-0.15, -0.1) is 0 Å². The van der Waals surface area contributed by atoms with Gasteiger partial charge in [-0.1, -0.05) is 25.7 Å². The van der Waals surface area contributed by atoms with Gasteiger partial charge in [0.05, 0.1) is 6.61 Å². The Balaban J connectivity index is 1.22.